The Bertz CT molecular complexity index is 907. The number of sulfonamides is 1. The highest BCUT2D eigenvalue weighted by atomic mass is 35.5. The zero-order valence-corrected chi connectivity index (χ0v) is 16.1. The fourth-order valence-electron chi connectivity index (χ4n) is 3.14. The average Bonchev–Trinajstić information content (AvgIpc) is 2.61. The zero-order valence-electron chi connectivity index (χ0n) is 14.5. The minimum atomic E-state index is -3.18. The summed E-state index contributed by atoms with van der Waals surface area (Å²) in [5, 5.41) is 3.61. The van der Waals surface area contributed by atoms with Gasteiger partial charge in [-0.2, -0.15) is 0 Å². The van der Waals surface area contributed by atoms with Crippen LogP contribution in [0.25, 0.3) is 11.1 Å². The molecular weight excluding hydrogens is 372 g/mol. The van der Waals surface area contributed by atoms with E-state index >= 15 is 0 Å². The Kier molecular flexibility index (Phi) is 5.65. The van der Waals surface area contributed by atoms with Crippen LogP contribution in [0.1, 0.15) is 12.8 Å². The minimum absolute atomic E-state index is 0.0682. The molecular formula is C19H21ClN2O3S. The molecule has 138 valence electrons. The van der Waals surface area contributed by atoms with Gasteiger partial charge in [0.15, 0.2) is 0 Å². The van der Waals surface area contributed by atoms with Gasteiger partial charge in [-0.05, 0) is 48.2 Å². The predicted molar refractivity (Wildman–Crippen MR) is 105 cm³/mol. The molecule has 0 aliphatic carbocycles. The molecule has 3 rings (SSSR count). The molecule has 1 aliphatic rings. The number of hydrogen-bond acceptors (Lipinski definition) is 3. The van der Waals surface area contributed by atoms with Gasteiger partial charge in [0.25, 0.3) is 0 Å². The third-order valence-corrected chi connectivity index (χ3v) is 6.12. The Hall–Kier alpha value is -1.89. The molecule has 7 heteroatoms. The number of carbonyl (C=O) groups excluding carboxylic acids is 1. The van der Waals surface area contributed by atoms with E-state index < -0.39 is 10.0 Å². The van der Waals surface area contributed by atoms with Gasteiger partial charge in [-0.3, -0.25) is 4.79 Å². The molecule has 1 N–H and O–H groups in total. The van der Waals surface area contributed by atoms with Gasteiger partial charge in [0, 0.05) is 29.7 Å². The van der Waals surface area contributed by atoms with Crippen LogP contribution in [0.4, 0.5) is 5.69 Å². The van der Waals surface area contributed by atoms with Gasteiger partial charge < -0.3 is 5.32 Å². The van der Waals surface area contributed by atoms with Crippen molar-refractivity contribution in [3.8, 4) is 11.1 Å². The Morgan fingerprint density at radius 2 is 1.69 bits per heavy atom. The smallest absolute Gasteiger partial charge is 0.227 e. The van der Waals surface area contributed by atoms with Crippen molar-refractivity contribution in [2.45, 2.75) is 12.8 Å². The van der Waals surface area contributed by atoms with Gasteiger partial charge in [-0.25, -0.2) is 12.7 Å². The van der Waals surface area contributed by atoms with Gasteiger partial charge >= 0.3 is 0 Å². The molecule has 1 amide bonds. The highest BCUT2D eigenvalue weighted by Crippen LogP contribution is 2.26. The maximum absolute atomic E-state index is 12.5. The fourth-order valence-corrected chi connectivity index (χ4v) is 4.20. The van der Waals surface area contributed by atoms with Crippen molar-refractivity contribution < 1.29 is 13.2 Å². The molecule has 2 aromatic carbocycles. The van der Waals surface area contributed by atoms with Crippen LogP contribution in [-0.4, -0.2) is 38.0 Å². The summed E-state index contributed by atoms with van der Waals surface area (Å²) >= 11 is 6.05. The summed E-state index contributed by atoms with van der Waals surface area (Å²) in [7, 11) is -3.18. The second-order valence-electron chi connectivity index (χ2n) is 6.52. The molecule has 0 atom stereocenters. The first-order chi connectivity index (χ1) is 12.3. The molecule has 2 aromatic rings. The van der Waals surface area contributed by atoms with Gasteiger partial charge in [0.1, 0.15) is 0 Å². The maximum atomic E-state index is 12.5. The number of piperidine rings is 1. The van der Waals surface area contributed by atoms with Gasteiger partial charge in [-0.1, -0.05) is 35.9 Å². The molecule has 0 aromatic heterocycles. The number of nitrogens with zero attached hydrogens (tertiary/aromatic N) is 1. The van der Waals surface area contributed by atoms with Gasteiger partial charge in [0.2, 0.25) is 15.9 Å². The van der Waals surface area contributed by atoms with Crippen molar-refractivity contribution in [3.05, 3.63) is 53.6 Å². The first kappa shape index (κ1) is 18.9. The highest BCUT2D eigenvalue weighted by Gasteiger charge is 2.28. The summed E-state index contributed by atoms with van der Waals surface area (Å²) in [5.74, 6) is -0.246. The number of anilines is 1. The summed E-state index contributed by atoms with van der Waals surface area (Å²) in [4.78, 5) is 12.5. The molecule has 0 spiro atoms. The molecule has 1 saturated heterocycles. The molecule has 1 aliphatic heterocycles. The molecule has 26 heavy (non-hydrogen) atoms. The predicted octanol–water partition coefficient (Wildman–Crippen LogP) is 3.62. The number of carbonyl (C=O) groups is 1. The van der Waals surface area contributed by atoms with Gasteiger partial charge in [0.05, 0.1) is 6.26 Å². The van der Waals surface area contributed by atoms with Crippen LogP contribution in [0.3, 0.4) is 0 Å². The number of rotatable bonds is 4. The van der Waals surface area contributed by atoms with Crippen molar-refractivity contribution in [2.75, 3.05) is 24.7 Å². The van der Waals surface area contributed by atoms with E-state index in [0.29, 0.717) is 31.0 Å². The topological polar surface area (TPSA) is 66.5 Å². The van der Waals surface area contributed by atoms with Crippen LogP contribution in [0.5, 0.6) is 0 Å². The van der Waals surface area contributed by atoms with Gasteiger partial charge in [-0.15, -0.1) is 0 Å². The van der Waals surface area contributed by atoms with Crippen LogP contribution < -0.4 is 5.32 Å². The Balaban J connectivity index is 1.66. The van der Waals surface area contributed by atoms with Crippen molar-refractivity contribution in [1.29, 1.82) is 0 Å². The second kappa shape index (κ2) is 7.78. The number of benzene rings is 2. The van der Waals surface area contributed by atoms with Crippen molar-refractivity contribution in [1.82, 2.24) is 4.31 Å². The van der Waals surface area contributed by atoms with Crippen LogP contribution >= 0.6 is 11.6 Å². The second-order valence-corrected chi connectivity index (χ2v) is 8.94. The average molecular weight is 393 g/mol. The number of hydrogen-bond donors (Lipinski definition) is 1. The van der Waals surface area contributed by atoms with Crippen molar-refractivity contribution in [3.63, 3.8) is 0 Å². The van der Waals surface area contributed by atoms with E-state index in [-0.39, 0.29) is 11.8 Å². The third kappa shape index (κ3) is 4.63. The zero-order chi connectivity index (χ0) is 18.7. The number of nitrogens with one attached hydrogen (secondary N) is 1. The SMILES string of the molecule is CS(=O)(=O)N1CCC(C(=O)Nc2cccc(-c3cccc(Cl)c3)c2)CC1. The van der Waals surface area contributed by atoms with Crippen LogP contribution in [0, 0.1) is 5.92 Å². The van der Waals surface area contributed by atoms with E-state index in [1.807, 2.05) is 48.5 Å². The largest absolute Gasteiger partial charge is 0.326 e. The first-order valence-electron chi connectivity index (χ1n) is 8.45. The summed E-state index contributed by atoms with van der Waals surface area (Å²) in [5.41, 5.74) is 2.67. The van der Waals surface area contributed by atoms with E-state index in [4.69, 9.17) is 11.6 Å². The van der Waals surface area contributed by atoms with E-state index in [1.165, 1.54) is 10.6 Å². The normalized spacial score (nSPS) is 16.4. The minimum Gasteiger partial charge on any atom is -0.326 e. The van der Waals surface area contributed by atoms with E-state index in [0.717, 1.165) is 16.8 Å². The lowest BCUT2D eigenvalue weighted by molar-refractivity contribution is -0.120. The van der Waals surface area contributed by atoms with E-state index in [2.05, 4.69) is 5.32 Å². The summed E-state index contributed by atoms with van der Waals surface area (Å²) < 4.78 is 24.6. The molecule has 1 fully saturated rings. The number of halogens is 1. The molecule has 0 bridgehead atoms. The quantitative estimate of drug-likeness (QED) is 0.864. The standard InChI is InChI=1S/C19H21ClN2O3S/c1-26(24,25)22-10-8-14(9-11-22)19(23)21-18-7-3-5-16(13-18)15-4-2-6-17(20)12-15/h2-7,12-14H,8-11H2,1H3,(H,21,23). The maximum Gasteiger partial charge on any atom is 0.227 e. The lowest BCUT2D eigenvalue weighted by Gasteiger charge is -2.29. The Labute approximate surface area is 159 Å². The fraction of sp³-hybridized carbons (Fsp3) is 0.316. The highest BCUT2D eigenvalue weighted by molar-refractivity contribution is 7.88. The monoisotopic (exact) mass is 392 g/mol. The van der Waals surface area contributed by atoms with E-state index in [9.17, 15) is 13.2 Å². The van der Waals surface area contributed by atoms with Crippen molar-refractivity contribution in [2.24, 2.45) is 5.92 Å². The molecule has 0 saturated carbocycles. The molecule has 0 radical (unpaired) electrons. The summed E-state index contributed by atoms with van der Waals surface area (Å²) in [6.45, 7) is 0.777. The number of amides is 1. The lowest BCUT2D eigenvalue weighted by Crippen LogP contribution is -2.40. The Morgan fingerprint density at radius 3 is 2.31 bits per heavy atom. The van der Waals surface area contributed by atoms with Crippen LogP contribution in [0.15, 0.2) is 48.5 Å². The lowest BCUT2D eigenvalue weighted by atomic mass is 9.97. The first-order valence-corrected chi connectivity index (χ1v) is 10.7. The molecule has 1 heterocycles. The van der Waals surface area contributed by atoms with Crippen molar-refractivity contribution >= 4 is 33.2 Å². The van der Waals surface area contributed by atoms with E-state index in [1.54, 1.807) is 0 Å². The Morgan fingerprint density at radius 1 is 1.08 bits per heavy atom. The summed E-state index contributed by atoms with van der Waals surface area (Å²) in [6.07, 6.45) is 2.27. The third-order valence-electron chi connectivity index (χ3n) is 4.58. The van der Waals surface area contributed by atoms with Crippen LogP contribution in [0.2, 0.25) is 5.02 Å². The molecule has 5 nitrogen and oxygen atoms in total. The summed E-state index contributed by atoms with van der Waals surface area (Å²) in [6, 6.07) is 15.2. The molecule has 0 unspecified atom stereocenters. The van der Waals surface area contributed by atoms with Crippen LogP contribution in [-0.2, 0) is 14.8 Å².